The summed E-state index contributed by atoms with van der Waals surface area (Å²) in [5, 5.41) is 0. The number of hydrogen-bond donors (Lipinski definition) is 1. The van der Waals surface area contributed by atoms with Crippen molar-refractivity contribution < 1.29 is 41.4 Å². The summed E-state index contributed by atoms with van der Waals surface area (Å²) in [7, 11) is 0. The number of rotatable bonds is 7. The van der Waals surface area contributed by atoms with Gasteiger partial charge in [0.15, 0.2) is 24.2 Å². The van der Waals surface area contributed by atoms with E-state index in [4.69, 9.17) is 19.9 Å². The molecule has 0 bridgehead atoms. The number of carbonyl (C=O) groups excluding carboxylic acids is 2. The van der Waals surface area contributed by atoms with Gasteiger partial charge in [-0.1, -0.05) is 0 Å². The molecule has 15 heteroatoms. The summed E-state index contributed by atoms with van der Waals surface area (Å²) in [5.74, 6) is -1.85. The normalized spacial score (nSPS) is 23.1. The number of nitrogens with zero attached hydrogens (tertiary/aromatic N) is 4. The van der Waals surface area contributed by atoms with Gasteiger partial charge in [-0.2, -0.15) is 18.2 Å². The second kappa shape index (κ2) is 9.33. The number of esters is 2. The van der Waals surface area contributed by atoms with Gasteiger partial charge in [-0.05, 0) is 6.42 Å². The minimum atomic E-state index is -4.43. The van der Waals surface area contributed by atoms with E-state index in [9.17, 15) is 27.6 Å². The van der Waals surface area contributed by atoms with E-state index in [1.54, 1.807) is 0 Å². The SMILES string of the molecule is CC(=O)OC[C@H]1O[C@@H](n2c(=O)n(CCCC(F)(F)F)c3cnc(N)nc32)[C@H](OC(C)=O)[C@@H]1F. The number of halogens is 4. The van der Waals surface area contributed by atoms with Crippen molar-refractivity contribution >= 4 is 29.1 Å². The minimum absolute atomic E-state index is 0.0281. The van der Waals surface area contributed by atoms with Crippen LogP contribution in [-0.2, 0) is 30.3 Å². The zero-order valence-electron chi connectivity index (χ0n) is 17.5. The van der Waals surface area contributed by atoms with Gasteiger partial charge in [0.05, 0.1) is 6.20 Å². The molecule has 0 spiro atoms. The highest BCUT2D eigenvalue weighted by molar-refractivity contribution is 5.72. The lowest BCUT2D eigenvalue weighted by Gasteiger charge is -2.19. The van der Waals surface area contributed by atoms with Crippen molar-refractivity contribution in [2.24, 2.45) is 0 Å². The third kappa shape index (κ3) is 5.40. The third-order valence-electron chi connectivity index (χ3n) is 4.84. The maximum atomic E-state index is 15.1. The van der Waals surface area contributed by atoms with Crippen molar-refractivity contribution in [2.45, 2.75) is 64.0 Å². The maximum absolute atomic E-state index is 15.1. The third-order valence-corrected chi connectivity index (χ3v) is 4.84. The van der Waals surface area contributed by atoms with Crippen molar-refractivity contribution in [3.8, 4) is 0 Å². The Labute approximate surface area is 183 Å². The van der Waals surface area contributed by atoms with E-state index in [0.717, 1.165) is 29.2 Å². The summed E-state index contributed by atoms with van der Waals surface area (Å²) >= 11 is 0. The lowest BCUT2D eigenvalue weighted by Crippen LogP contribution is -2.37. The van der Waals surface area contributed by atoms with Crippen molar-refractivity contribution in [2.75, 3.05) is 12.3 Å². The van der Waals surface area contributed by atoms with Gasteiger partial charge in [0, 0.05) is 26.8 Å². The van der Waals surface area contributed by atoms with E-state index in [2.05, 4.69) is 9.97 Å². The highest BCUT2D eigenvalue weighted by Gasteiger charge is 2.50. The zero-order chi connectivity index (χ0) is 24.5. The van der Waals surface area contributed by atoms with Gasteiger partial charge in [-0.3, -0.25) is 14.2 Å². The van der Waals surface area contributed by atoms with Gasteiger partial charge in [0.1, 0.15) is 18.2 Å². The van der Waals surface area contributed by atoms with Crippen molar-refractivity contribution in [3.63, 3.8) is 0 Å². The van der Waals surface area contributed by atoms with E-state index in [1.807, 2.05) is 0 Å². The largest absolute Gasteiger partial charge is 0.463 e. The molecule has 11 nitrogen and oxygen atoms in total. The number of aromatic nitrogens is 4. The molecule has 0 unspecified atom stereocenters. The van der Waals surface area contributed by atoms with Crippen LogP contribution in [0, 0.1) is 0 Å². The fraction of sp³-hybridized carbons (Fsp3) is 0.611. The van der Waals surface area contributed by atoms with Crippen LogP contribution >= 0.6 is 0 Å². The summed E-state index contributed by atoms with van der Waals surface area (Å²) in [6.07, 6.45) is -11.4. The Kier molecular flexibility index (Phi) is 6.90. The average molecular weight is 479 g/mol. The van der Waals surface area contributed by atoms with Crippen LogP contribution in [-0.4, -0.2) is 62.2 Å². The van der Waals surface area contributed by atoms with Gasteiger partial charge in [-0.15, -0.1) is 0 Å². The molecule has 1 aliphatic rings. The number of carbonyl (C=O) groups is 2. The van der Waals surface area contributed by atoms with E-state index in [1.165, 1.54) is 0 Å². The van der Waals surface area contributed by atoms with Gasteiger partial charge in [0.2, 0.25) is 5.95 Å². The van der Waals surface area contributed by atoms with Crippen LogP contribution in [0.3, 0.4) is 0 Å². The van der Waals surface area contributed by atoms with Crippen LogP contribution in [0.4, 0.5) is 23.5 Å². The van der Waals surface area contributed by atoms with Gasteiger partial charge in [0.25, 0.3) is 0 Å². The zero-order valence-corrected chi connectivity index (χ0v) is 17.5. The number of anilines is 1. The molecule has 33 heavy (non-hydrogen) atoms. The maximum Gasteiger partial charge on any atom is 0.389 e. The number of hydrogen-bond acceptors (Lipinski definition) is 9. The molecule has 2 aromatic heterocycles. The lowest BCUT2D eigenvalue weighted by molar-refractivity contribution is -0.154. The minimum Gasteiger partial charge on any atom is -0.463 e. The fourth-order valence-electron chi connectivity index (χ4n) is 3.51. The van der Waals surface area contributed by atoms with Crippen LogP contribution < -0.4 is 11.4 Å². The summed E-state index contributed by atoms with van der Waals surface area (Å²) in [6, 6.07) is 0. The molecule has 2 aromatic rings. The molecule has 3 heterocycles. The van der Waals surface area contributed by atoms with Crippen LogP contribution in [0.5, 0.6) is 0 Å². The van der Waals surface area contributed by atoms with E-state index < -0.39 is 67.9 Å². The average Bonchev–Trinajstić information content (AvgIpc) is 3.13. The summed E-state index contributed by atoms with van der Waals surface area (Å²) in [5.41, 5.74) is 4.59. The number of nitrogens with two attached hydrogens (primary N) is 1. The lowest BCUT2D eigenvalue weighted by atomic mass is 10.1. The molecule has 3 rings (SSSR count). The summed E-state index contributed by atoms with van der Waals surface area (Å²) in [4.78, 5) is 43.5. The molecule has 0 amide bonds. The molecule has 1 aliphatic heterocycles. The molecule has 0 radical (unpaired) electrons. The second-order valence-corrected chi connectivity index (χ2v) is 7.35. The highest BCUT2D eigenvalue weighted by atomic mass is 19.4. The second-order valence-electron chi connectivity index (χ2n) is 7.35. The first-order valence-corrected chi connectivity index (χ1v) is 9.79. The Hall–Kier alpha value is -3.23. The van der Waals surface area contributed by atoms with Gasteiger partial charge in [-0.25, -0.2) is 18.7 Å². The van der Waals surface area contributed by atoms with Gasteiger partial charge >= 0.3 is 23.8 Å². The van der Waals surface area contributed by atoms with E-state index in [0.29, 0.717) is 0 Å². The smallest absolute Gasteiger partial charge is 0.389 e. The number of aryl methyl sites for hydroxylation is 1. The first-order valence-electron chi connectivity index (χ1n) is 9.79. The van der Waals surface area contributed by atoms with Crippen LogP contribution in [0.15, 0.2) is 11.0 Å². The molecular formula is C18H21F4N5O6. The van der Waals surface area contributed by atoms with Crippen molar-refractivity contribution in [1.29, 1.82) is 0 Å². The van der Waals surface area contributed by atoms with Crippen molar-refractivity contribution in [1.82, 2.24) is 19.1 Å². The number of ether oxygens (including phenoxy) is 3. The summed E-state index contributed by atoms with van der Waals surface area (Å²) in [6.45, 7) is 1.24. The first kappa shape index (κ1) is 24.4. The quantitative estimate of drug-likeness (QED) is 0.459. The van der Waals surface area contributed by atoms with E-state index in [-0.39, 0.29) is 23.7 Å². The van der Waals surface area contributed by atoms with Crippen LogP contribution in [0.1, 0.15) is 32.9 Å². The monoisotopic (exact) mass is 479 g/mol. The molecule has 0 aliphatic carbocycles. The van der Waals surface area contributed by atoms with Crippen LogP contribution in [0.2, 0.25) is 0 Å². The van der Waals surface area contributed by atoms with Crippen LogP contribution in [0.25, 0.3) is 11.2 Å². The molecule has 182 valence electrons. The summed E-state index contributed by atoms with van der Waals surface area (Å²) < 4.78 is 70.0. The predicted molar refractivity (Wildman–Crippen MR) is 102 cm³/mol. The predicted octanol–water partition coefficient (Wildman–Crippen LogP) is 1.25. The Balaban J connectivity index is 2.05. The topological polar surface area (TPSA) is 141 Å². The standard InChI is InChI=1S/C18H21F4N5O6/c1-8(28)31-7-11-12(19)13(32-9(2)29)15(33-11)27-14-10(6-24-16(23)25-14)26(17(27)30)5-3-4-18(20,21)22/h6,11-13,15H,3-5,7H2,1-2H3,(H2,23,24,25)/t11-,12-,13-,15-/m1/s1. The Morgan fingerprint density at radius 1 is 1.27 bits per heavy atom. The molecule has 1 fully saturated rings. The molecule has 4 atom stereocenters. The molecule has 2 N–H and O–H groups in total. The Bertz CT molecular complexity index is 1100. The first-order chi connectivity index (χ1) is 15.4. The van der Waals surface area contributed by atoms with Crippen molar-refractivity contribution in [3.05, 3.63) is 16.7 Å². The number of imidazole rings is 1. The molecule has 0 aromatic carbocycles. The van der Waals surface area contributed by atoms with E-state index >= 15 is 4.39 Å². The van der Waals surface area contributed by atoms with Gasteiger partial charge < -0.3 is 19.9 Å². The Morgan fingerprint density at radius 2 is 1.97 bits per heavy atom. The fourth-order valence-corrected chi connectivity index (χ4v) is 3.51. The number of nitrogen functional groups attached to an aromatic ring is 1. The Morgan fingerprint density at radius 3 is 2.58 bits per heavy atom. The number of alkyl halides is 4. The highest BCUT2D eigenvalue weighted by Crippen LogP contribution is 2.35. The molecule has 0 saturated carbocycles. The molecular weight excluding hydrogens is 458 g/mol. The molecule has 1 saturated heterocycles. The number of fused-ring (bicyclic) bond motifs is 1.